The second kappa shape index (κ2) is 11.0. The van der Waals surface area contributed by atoms with E-state index in [4.69, 9.17) is 0 Å². The molecule has 2 aliphatic rings. The van der Waals surface area contributed by atoms with E-state index >= 15 is 0 Å². The Morgan fingerprint density at radius 2 is 0.808 bits per heavy atom. The Morgan fingerprint density at radius 3 is 1.08 bits per heavy atom. The normalized spacial score (nSPS) is 25.4. The summed E-state index contributed by atoms with van der Waals surface area (Å²) in [5, 5.41) is 5.10. The van der Waals surface area contributed by atoms with Gasteiger partial charge in [0.25, 0.3) is 0 Å². The summed E-state index contributed by atoms with van der Waals surface area (Å²) in [5.41, 5.74) is 8.18. The first-order chi connectivity index (χ1) is 12.7. The average Bonchev–Trinajstić information content (AvgIpc) is 3.54. The van der Waals surface area contributed by atoms with Crippen molar-refractivity contribution in [3.05, 3.63) is 0 Å². The van der Waals surface area contributed by atoms with Crippen molar-refractivity contribution < 1.29 is 0 Å². The van der Waals surface area contributed by atoms with Crippen LogP contribution in [0.3, 0.4) is 0 Å². The highest BCUT2D eigenvalue weighted by atomic mass is 15.8. The summed E-state index contributed by atoms with van der Waals surface area (Å²) in [5.74, 6) is 0. The standard InChI is InChI=1S/C22H46N4/c1-5-9-15-21(16-10-6-2)23-25(21)19-13-14-20-26-22(24-26,17-11-7-3)18-12-8-4/h23-24H,5-20H2,1-4H3. The number of nitrogens with one attached hydrogen (secondary N) is 2. The van der Waals surface area contributed by atoms with Crippen molar-refractivity contribution in [1.82, 2.24) is 20.9 Å². The second-order valence-electron chi connectivity index (χ2n) is 8.71. The van der Waals surface area contributed by atoms with Gasteiger partial charge in [0.1, 0.15) is 0 Å². The van der Waals surface area contributed by atoms with E-state index < -0.39 is 0 Å². The Hall–Kier alpha value is -0.160. The lowest BCUT2D eigenvalue weighted by molar-refractivity contribution is 0.318. The van der Waals surface area contributed by atoms with E-state index in [1.165, 1.54) is 103 Å². The first-order valence-corrected chi connectivity index (χ1v) is 11.8. The molecule has 0 saturated carbocycles. The third kappa shape index (κ3) is 6.19. The van der Waals surface area contributed by atoms with Crippen LogP contribution in [0.5, 0.6) is 0 Å². The van der Waals surface area contributed by atoms with Crippen LogP contribution in [0.4, 0.5) is 0 Å². The largest absolute Gasteiger partial charge is 0.232 e. The maximum absolute atomic E-state index is 3.73. The summed E-state index contributed by atoms with van der Waals surface area (Å²) in [4.78, 5) is 0. The number of hydrazine groups is 2. The highest BCUT2D eigenvalue weighted by Crippen LogP contribution is 2.37. The molecule has 0 bridgehead atoms. The molecule has 2 rings (SSSR count). The van der Waals surface area contributed by atoms with E-state index in [9.17, 15) is 0 Å². The predicted octanol–water partition coefficient (Wildman–Crippen LogP) is 5.56. The summed E-state index contributed by atoms with van der Waals surface area (Å²) in [6.45, 7) is 11.7. The van der Waals surface area contributed by atoms with Gasteiger partial charge in [-0.3, -0.25) is 0 Å². The smallest absolute Gasteiger partial charge is 0.0974 e. The molecule has 2 aliphatic heterocycles. The Bertz CT molecular complexity index is 332. The van der Waals surface area contributed by atoms with Crippen molar-refractivity contribution in [3.63, 3.8) is 0 Å². The van der Waals surface area contributed by atoms with Crippen LogP contribution < -0.4 is 10.9 Å². The van der Waals surface area contributed by atoms with Gasteiger partial charge in [-0.1, -0.05) is 79.1 Å². The lowest BCUT2D eigenvalue weighted by atomic mass is 10.00. The fraction of sp³-hybridized carbons (Fsp3) is 1.00. The van der Waals surface area contributed by atoms with Gasteiger partial charge in [-0.2, -0.15) is 0 Å². The van der Waals surface area contributed by atoms with Crippen LogP contribution >= 0.6 is 0 Å². The Balaban J connectivity index is 1.64. The SMILES string of the molecule is CCCCC1(CCCC)NN1CCCCN1NC1(CCCC)CCCC. The summed E-state index contributed by atoms with van der Waals surface area (Å²) in [6, 6.07) is 0. The molecule has 4 nitrogen and oxygen atoms in total. The summed E-state index contributed by atoms with van der Waals surface area (Å²) < 4.78 is 0. The molecule has 154 valence electrons. The molecular weight excluding hydrogens is 320 g/mol. The monoisotopic (exact) mass is 366 g/mol. The van der Waals surface area contributed by atoms with E-state index in [1.54, 1.807) is 0 Å². The molecule has 2 N–H and O–H groups in total. The van der Waals surface area contributed by atoms with Crippen LogP contribution in [-0.2, 0) is 0 Å². The molecular formula is C22H46N4. The topological polar surface area (TPSA) is 49.9 Å². The number of hydrogen-bond donors (Lipinski definition) is 2. The number of unbranched alkanes of at least 4 members (excludes halogenated alkanes) is 5. The third-order valence-corrected chi connectivity index (χ3v) is 6.41. The van der Waals surface area contributed by atoms with Crippen molar-refractivity contribution in [2.75, 3.05) is 13.1 Å². The maximum Gasteiger partial charge on any atom is 0.0974 e. The predicted molar refractivity (Wildman–Crippen MR) is 112 cm³/mol. The van der Waals surface area contributed by atoms with E-state index in [1.807, 2.05) is 0 Å². The van der Waals surface area contributed by atoms with Gasteiger partial charge in [0, 0.05) is 13.1 Å². The highest BCUT2D eigenvalue weighted by molar-refractivity contribution is 4.99. The van der Waals surface area contributed by atoms with Crippen molar-refractivity contribution >= 4 is 0 Å². The fourth-order valence-electron chi connectivity index (χ4n) is 4.42. The molecule has 0 amide bonds. The Kier molecular flexibility index (Phi) is 9.36. The highest BCUT2D eigenvalue weighted by Gasteiger charge is 2.50. The first kappa shape index (κ1) is 22.1. The molecule has 2 saturated heterocycles. The van der Waals surface area contributed by atoms with Crippen molar-refractivity contribution in [1.29, 1.82) is 0 Å². The molecule has 2 fully saturated rings. The molecule has 2 heterocycles. The van der Waals surface area contributed by atoms with Gasteiger partial charge in [-0.25, -0.2) is 20.9 Å². The van der Waals surface area contributed by atoms with Gasteiger partial charge in [-0.15, -0.1) is 0 Å². The van der Waals surface area contributed by atoms with E-state index in [0.717, 1.165) is 0 Å². The number of rotatable bonds is 17. The Labute approximate surface area is 163 Å². The number of nitrogens with zero attached hydrogens (tertiary/aromatic N) is 2. The molecule has 0 spiro atoms. The van der Waals surface area contributed by atoms with Crippen molar-refractivity contribution in [2.45, 2.75) is 129 Å². The molecule has 4 heteroatoms. The minimum absolute atomic E-state index is 0.357. The molecule has 0 aromatic carbocycles. The minimum atomic E-state index is 0.357. The molecule has 2 atom stereocenters. The lowest BCUT2D eigenvalue weighted by Crippen LogP contribution is -2.22. The maximum atomic E-state index is 3.73. The van der Waals surface area contributed by atoms with Gasteiger partial charge in [0.2, 0.25) is 0 Å². The molecule has 0 aliphatic carbocycles. The van der Waals surface area contributed by atoms with Crippen LogP contribution in [0, 0.1) is 0 Å². The van der Waals surface area contributed by atoms with Gasteiger partial charge < -0.3 is 0 Å². The van der Waals surface area contributed by atoms with Crippen LogP contribution in [-0.4, -0.2) is 34.4 Å². The van der Waals surface area contributed by atoms with E-state index in [2.05, 4.69) is 48.6 Å². The molecule has 0 aromatic heterocycles. The molecule has 0 radical (unpaired) electrons. The van der Waals surface area contributed by atoms with Crippen molar-refractivity contribution in [2.24, 2.45) is 0 Å². The fourth-order valence-corrected chi connectivity index (χ4v) is 4.42. The third-order valence-electron chi connectivity index (χ3n) is 6.41. The molecule has 2 unspecified atom stereocenters. The zero-order valence-corrected chi connectivity index (χ0v) is 18.2. The summed E-state index contributed by atoms with van der Waals surface area (Å²) >= 11 is 0. The van der Waals surface area contributed by atoms with Gasteiger partial charge in [-0.05, 0) is 38.5 Å². The van der Waals surface area contributed by atoms with Crippen LogP contribution in [0.1, 0.15) is 118 Å². The van der Waals surface area contributed by atoms with Gasteiger partial charge >= 0.3 is 0 Å². The van der Waals surface area contributed by atoms with Crippen LogP contribution in [0.2, 0.25) is 0 Å². The Morgan fingerprint density at radius 1 is 0.500 bits per heavy atom. The van der Waals surface area contributed by atoms with Crippen molar-refractivity contribution in [3.8, 4) is 0 Å². The number of hydrogen-bond acceptors (Lipinski definition) is 4. The molecule has 26 heavy (non-hydrogen) atoms. The lowest BCUT2D eigenvalue weighted by Gasteiger charge is -2.15. The van der Waals surface area contributed by atoms with Gasteiger partial charge in [0.15, 0.2) is 0 Å². The quantitative estimate of drug-likeness (QED) is 0.261. The zero-order valence-electron chi connectivity index (χ0n) is 18.2. The van der Waals surface area contributed by atoms with E-state index in [0.29, 0.717) is 11.3 Å². The van der Waals surface area contributed by atoms with Crippen LogP contribution in [0.15, 0.2) is 0 Å². The molecule has 0 aromatic rings. The van der Waals surface area contributed by atoms with Crippen LogP contribution in [0.25, 0.3) is 0 Å². The van der Waals surface area contributed by atoms with E-state index in [-0.39, 0.29) is 0 Å². The second-order valence-corrected chi connectivity index (χ2v) is 8.71. The minimum Gasteiger partial charge on any atom is -0.232 e. The van der Waals surface area contributed by atoms with Gasteiger partial charge in [0.05, 0.1) is 11.3 Å². The first-order valence-electron chi connectivity index (χ1n) is 11.8. The average molecular weight is 367 g/mol. The summed E-state index contributed by atoms with van der Waals surface area (Å²) in [7, 11) is 0. The zero-order chi connectivity index (χ0) is 18.9. The summed E-state index contributed by atoms with van der Waals surface area (Å²) in [6.07, 6.45) is 18.6.